The smallest absolute Gasteiger partial charge is 0.151 e. The Bertz CT molecular complexity index is 577. The molecule has 0 amide bonds. The number of hydrogen-bond donors (Lipinski definition) is 0. The van der Waals surface area contributed by atoms with Gasteiger partial charge in [0.05, 0.1) is 16.5 Å². The van der Waals surface area contributed by atoms with Crippen molar-refractivity contribution in [1.82, 2.24) is 4.90 Å². The van der Waals surface area contributed by atoms with Crippen LogP contribution in [0.1, 0.15) is 26.2 Å². The van der Waals surface area contributed by atoms with Gasteiger partial charge in [-0.05, 0) is 31.5 Å². The summed E-state index contributed by atoms with van der Waals surface area (Å²) in [5.41, 5.74) is 0. The molecule has 1 aliphatic heterocycles. The molecule has 4 nitrogen and oxygen atoms in total. The highest BCUT2D eigenvalue weighted by Gasteiger charge is 2.31. The molecule has 2 rings (SSSR count). The average molecular weight is 346 g/mol. The van der Waals surface area contributed by atoms with Gasteiger partial charge in [-0.3, -0.25) is 4.90 Å². The highest BCUT2D eigenvalue weighted by molar-refractivity contribution is 7.91. The number of unbranched alkanes of at least 4 members (excludes halogenated alkanes) is 1. The number of hydrogen-bond acceptors (Lipinski definition) is 4. The first-order valence-corrected chi connectivity index (χ1v) is 10.0. The Hall–Kier alpha value is -0.780. The van der Waals surface area contributed by atoms with Crippen LogP contribution in [0.15, 0.2) is 24.3 Å². The number of sulfone groups is 1. The second kappa shape index (κ2) is 8.18. The van der Waals surface area contributed by atoms with Gasteiger partial charge < -0.3 is 4.74 Å². The van der Waals surface area contributed by atoms with Gasteiger partial charge in [0.15, 0.2) is 9.84 Å². The minimum absolute atomic E-state index is 0.131. The molecule has 0 radical (unpaired) electrons. The van der Waals surface area contributed by atoms with Gasteiger partial charge >= 0.3 is 0 Å². The topological polar surface area (TPSA) is 46.6 Å². The maximum absolute atomic E-state index is 11.7. The number of rotatable bonds is 8. The Labute approximate surface area is 138 Å². The highest BCUT2D eigenvalue weighted by atomic mass is 35.5. The molecule has 124 valence electrons. The molecule has 1 unspecified atom stereocenters. The van der Waals surface area contributed by atoms with Crippen LogP contribution in [0.25, 0.3) is 0 Å². The maximum Gasteiger partial charge on any atom is 0.151 e. The number of para-hydroxylation sites is 1. The van der Waals surface area contributed by atoms with Crippen molar-refractivity contribution in [3.63, 3.8) is 0 Å². The summed E-state index contributed by atoms with van der Waals surface area (Å²) in [5.74, 6) is 1.27. The minimum atomic E-state index is -2.85. The van der Waals surface area contributed by atoms with Crippen LogP contribution in [0.4, 0.5) is 0 Å². The van der Waals surface area contributed by atoms with E-state index in [0.717, 1.165) is 32.4 Å². The fourth-order valence-electron chi connectivity index (χ4n) is 2.74. The third-order valence-electron chi connectivity index (χ3n) is 4.00. The van der Waals surface area contributed by atoms with E-state index >= 15 is 0 Å². The number of ether oxygens (including phenoxy) is 1. The van der Waals surface area contributed by atoms with Crippen molar-refractivity contribution in [2.24, 2.45) is 0 Å². The predicted octanol–water partition coefficient (Wildman–Crippen LogP) is 3.01. The Kier molecular flexibility index (Phi) is 6.53. The fourth-order valence-corrected chi connectivity index (χ4v) is 4.69. The normalized spacial score (nSPS) is 20.4. The second-order valence-electron chi connectivity index (χ2n) is 5.73. The standard InChI is InChI=1S/C16H24ClNO3S/c1-2-3-9-18(14-8-12-22(19,20)13-14)10-11-21-16-7-5-4-6-15(16)17/h4-7,14H,2-3,8-13H2,1H3. The number of halogens is 1. The fraction of sp³-hybridized carbons (Fsp3) is 0.625. The van der Waals surface area contributed by atoms with Crippen LogP contribution in [-0.4, -0.2) is 50.6 Å². The van der Waals surface area contributed by atoms with E-state index in [2.05, 4.69) is 11.8 Å². The van der Waals surface area contributed by atoms with Crippen molar-refractivity contribution >= 4 is 21.4 Å². The highest BCUT2D eigenvalue weighted by Crippen LogP contribution is 2.23. The van der Waals surface area contributed by atoms with Crippen LogP contribution in [0, 0.1) is 0 Å². The van der Waals surface area contributed by atoms with Crippen molar-refractivity contribution in [2.75, 3.05) is 31.2 Å². The van der Waals surface area contributed by atoms with E-state index in [9.17, 15) is 8.42 Å². The summed E-state index contributed by atoms with van der Waals surface area (Å²) in [6.07, 6.45) is 2.90. The lowest BCUT2D eigenvalue weighted by atomic mass is 10.2. The van der Waals surface area contributed by atoms with Crippen molar-refractivity contribution < 1.29 is 13.2 Å². The zero-order valence-electron chi connectivity index (χ0n) is 13.0. The number of benzene rings is 1. The van der Waals surface area contributed by atoms with E-state index in [1.165, 1.54) is 0 Å². The molecule has 6 heteroatoms. The summed E-state index contributed by atoms with van der Waals surface area (Å²) >= 11 is 6.07. The molecule has 1 aliphatic rings. The van der Waals surface area contributed by atoms with Gasteiger partial charge in [-0.1, -0.05) is 37.1 Å². The SMILES string of the molecule is CCCCN(CCOc1ccccc1Cl)C1CCS(=O)(=O)C1. The average Bonchev–Trinajstić information content (AvgIpc) is 2.84. The van der Waals surface area contributed by atoms with Gasteiger partial charge in [-0.15, -0.1) is 0 Å². The van der Waals surface area contributed by atoms with E-state index in [1.807, 2.05) is 18.2 Å². The van der Waals surface area contributed by atoms with Crippen LogP contribution in [0.5, 0.6) is 5.75 Å². The molecule has 0 N–H and O–H groups in total. The van der Waals surface area contributed by atoms with Gasteiger partial charge in [0.2, 0.25) is 0 Å². The molecule has 0 bridgehead atoms. The third-order valence-corrected chi connectivity index (χ3v) is 6.06. The lowest BCUT2D eigenvalue weighted by Gasteiger charge is -2.27. The molecular weight excluding hydrogens is 322 g/mol. The van der Waals surface area contributed by atoms with E-state index in [0.29, 0.717) is 23.1 Å². The largest absolute Gasteiger partial charge is 0.491 e. The zero-order valence-corrected chi connectivity index (χ0v) is 14.6. The first-order chi connectivity index (χ1) is 10.5. The van der Waals surface area contributed by atoms with Crippen LogP contribution in [0.3, 0.4) is 0 Å². The predicted molar refractivity (Wildman–Crippen MR) is 90.5 cm³/mol. The Morgan fingerprint density at radius 1 is 1.32 bits per heavy atom. The van der Waals surface area contributed by atoms with Gasteiger partial charge in [0.25, 0.3) is 0 Å². The minimum Gasteiger partial charge on any atom is -0.491 e. The summed E-state index contributed by atoms with van der Waals surface area (Å²) in [6, 6.07) is 7.53. The van der Waals surface area contributed by atoms with Crippen LogP contribution < -0.4 is 4.74 Å². The number of nitrogens with zero attached hydrogens (tertiary/aromatic N) is 1. The van der Waals surface area contributed by atoms with E-state index in [-0.39, 0.29) is 11.8 Å². The summed E-state index contributed by atoms with van der Waals surface area (Å²) in [4.78, 5) is 2.25. The molecule has 1 aromatic carbocycles. The first-order valence-electron chi connectivity index (χ1n) is 7.83. The van der Waals surface area contributed by atoms with Crippen molar-refractivity contribution in [3.05, 3.63) is 29.3 Å². The molecule has 1 fully saturated rings. The van der Waals surface area contributed by atoms with Crippen molar-refractivity contribution in [1.29, 1.82) is 0 Å². The van der Waals surface area contributed by atoms with Gasteiger partial charge in [0.1, 0.15) is 12.4 Å². The van der Waals surface area contributed by atoms with Crippen LogP contribution in [0.2, 0.25) is 5.02 Å². The molecule has 1 atom stereocenters. The first kappa shape index (κ1) is 17.6. The van der Waals surface area contributed by atoms with E-state index < -0.39 is 9.84 Å². The molecule has 1 aromatic rings. The molecule has 0 spiro atoms. The van der Waals surface area contributed by atoms with E-state index in [4.69, 9.17) is 16.3 Å². The second-order valence-corrected chi connectivity index (χ2v) is 8.36. The monoisotopic (exact) mass is 345 g/mol. The van der Waals surface area contributed by atoms with Gasteiger partial charge in [-0.2, -0.15) is 0 Å². The Balaban J connectivity index is 1.88. The maximum atomic E-state index is 11.7. The van der Waals surface area contributed by atoms with Crippen LogP contribution in [-0.2, 0) is 9.84 Å². The van der Waals surface area contributed by atoms with E-state index in [1.54, 1.807) is 6.07 Å². The molecule has 1 heterocycles. The van der Waals surface area contributed by atoms with Crippen molar-refractivity contribution in [3.8, 4) is 5.75 Å². The molecule has 0 saturated carbocycles. The lowest BCUT2D eigenvalue weighted by Crippen LogP contribution is -2.39. The third kappa shape index (κ3) is 5.14. The zero-order chi connectivity index (χ0) is 16.0. The molecule has 1 saturated heterocycles. The van der Waals surface area contributed by atoms with Crippen LogP contribution >= 0.6 is 11.6 Å². The van der Waals surface area contributed by atoms with Crippen molar-refractivity contribution in [2.45, 2.75) is 32.2 Å². The molecule has 0 aliphatic carbocycles. The summed E-state index contributed by atoms with van der Waals surface area (Å²) in [6.45, 7) is 4.31. The molecular formula is C16H24ClNO3S. The summed E-state index contributed by atoms with van der Waals surface area (Å²) in [5, 5.41) is 0.603. The molecule has 0 aromatic heterocycles. The van der Waals surface area contributed by atoms with Gasteiger partial charge in [0, 0.05) is 12.6 Å². The lowest BCUT2D eigenvalue weighted by molar-refractivity contribution is 0.168. The summed E-state index contributed by atoms with van der Waals surface area (Å²) < 4.78 is 29.1. The Morgan fingerprint density at radius 2 is 2.09 bits per heavy atom. The summed E-state index contributed by atoms with van der Waals surface area (Å²) in [7, 11) is -2.85. The molecule has 22 heavy (non-hydrogen) atoms. The quantitative estimate of drug-likeness (QED) is 0.726. The van der Waals surface area contributed by atoms with Gasteiger partial charge in [-0.25, -0.2) is 8.42 Å². The Morgan fingerprint density at radius 3 is 2.73 bits per heavy atom.